The number of hydrogen-bond acceptors (Lipinski definition) is 4. The monoisotopic (exact) mass is 346 g/mol. The molecule has 3 N–H and O–H groups in total. The van der Waals surface area contributed by atoms with Crippen molar-refractivity contribution in [2.45, 2.75) is 32.0 Å². The van der Waals surface area contributed by atoms with Crippen LogP contribution in [0, 0.1) is 17.6 Å². The van der Waals surface area contributed by atoms with Crippen LogP contribution in [-0.4, -0.2) is 17.1 Å². The van der Waals surface area contributed by atoms with Crippen LogP contribution in [0.4, 0.5) is 8.78 Å². The van der Waals surface area contributed by atoms with Crippen LogP contribution in [0.2, 0.25) is 0 Å². The predicted octanol–water partition coefficient (Wildman–Crippen LogP) is 2.22. The lowest BCUT2D eigenvalue weighted by Crippen LogP contribution is -2.46. The second kappa shape index (κ2) is 7.67. The highest BCUT2D eigenvalue weighted by Gasteiger charge is 2.34. The zero-order chi connectivity index (χ0) is 17.8. The van der Waals surface area contributed by atoms with Gasteiger partial charge in [0.15, 0.2) is 0 Å². The molecule has 25 heavy (non-hydrogen) atoms. The quantitative estimate of drug-likeness (QED) is 0.777. The molecule has 1 aliphatic heterocycles. The van der Waals surface area contributed by atoms with Crippen LogP contribution in [0.25, 0.3) is 0 Å². The lowest BCUT2D eigenvalue weighted by molar-refractivity contribution is -0.122. The number of carbonyl (C=O) groups excluding carboxylic acids is 1. The van der Waals surface area contributed by atoms with Gasteiger partial charge in [0.05, 0.1) is 12.2 Å². The van der Waals surface area contributed by atoms with E-state index in [1.54, 1.807) is 12.4 Å². The van der Waals surface area contributed by atoms with Crippen molar-refractivity contribution in [3.8, 4) is 0 Å². The van der Waals surface area contributed by atoms with Crippen molar-refractivity contribution in [1.29, 1.82) is 0 Å². The van der Waals surface area contributed by atoms with Crippen LogP contribution in [-0.2, 0) is 11.2 Å². The van der Waals surface area contributed by atoms with E-state index < -0.39 is 11.6 Å². The van der Waals surface area contributed by atoms with Gasteiger partial charge in [0, 0.05) is 24.7 Å². The minimum Gasteiger partial charge on any atom is -0.339 e. The fraction of sp³-hybridized carbons (Fsp3) is 0.333. The summed E-state index contributed by atoms with van der Waals surface area (Å²) >= 11 is 0. The highest BCUT2D eigenvalue weighted by molar-refractivity contribution is 5.76. The smallest absolute Gasteiger partial charge is 0.221 e. The number of benzene rings is 1. The Kier molecular flexibility index (Phi) is 5.35. The zero-order valence-corrected chi connectivity index (χ0v) is 13.8. The number of halogens is 2. The number of rotatable bonds is 5. The van der Waals surface area contributed by atoms with Gasteiger partial charge in [0.1, 0.15) is 11.6 Å². The third-order valence-corrected chi connectivity index (χ3v) is 4.46. The molecule has 1 fully saturated rings. The molecule has 0 radical (unpaired) electrons. The molecule has 1 aromatic heterocycles. The number of amides is 1. The largest absolute Gasteiger partial charge is 0.339 e. The first-order chi connectivity index (χ1) is 12.0. The van der Waals surface area contributed by atoms with Gasteiger partial charge in [-0.05, 0) is 47.9 Å². The van der Waals surface area contributed by atoms with Crippen molar-refractivity contribution in [3.05, 3.63) is 65.5 Å². The Labute approximate surface area is 144 Å². The Morgan fingerprint density at radius 3 is 2.72 bits per heavy atom. The average molecular weight is 346 g/mol. The van der Waals surface area contributed by atoms with E-state index in [0.717, 1.165) is 23.8 Å². The summed E-state index contributed by atoms with van der Waals surface area (Å²) < 4.78 is 26.8. The van der Waals surface area contributed by atoms with Gasteiger partial charge in [-0.2, -0.15) is 0 Å². The second-order valence-electron chi connectivity index (χ2n) is 6.19. The summed E-state index contributed by atoms with van der Waals surface area (Å²) in [5, 5.41) is 2.89. The first-order valence-corrected chi connectivity index (χ1v) is 8.19. The highest BCUT2D eigenvalue weighted by Crippen LogP contribution is 2.26. The molecule has 3 atom stereocenters. The van der Waals surface area contributed by atoms with Gasteiger partial charge in [-0.25, -0.2) is 19.6 Å². The van der Waals surface area contributed by atoms with E-state index in [1.807, 2.05) is 19.1 Å². The van der Waals surface area contributed by atoms with Gasteiger partial charge < -0.3 is 5.32 Å². The molecule has 1 amide bonds. The number of hydrogen-bond donors (Lipinski definition) is 3. The van der Waals surface area contributed by atoms with E-state index in [2.05, 4.69) is 21.2 Å². The molecule has 0 bridgehead atoms. The van der Waals surface area contributed by atoms with Crippen molar-refractivity contribution in [1.82, 2.24) is 21.2 Å². The molecule has 5 nitrogen and oxygen atoms in total. The molecule has 0 aliphatic carbocycles. The summed E-state index contributed by atoms with van der Waals surface area (Å²) in [4.78, 5) is 16.2. The molecule has 7 heteroatoms. The number of hydrazine groups is 1. The predicted molar refractivity (Wildman–Crippen MR) is 89.0 cm³/mol. The lowest BCUT2D eigenvalue weighted by Gasteiger charge is -2.19. The van der Waals surface area contributed by atoms with Crippen LogP contribution < -0.4 is 16.2 Å². The minimum atomic E-state index is -0.507. The average Bonchev–Trinajstić information content (AvgIpc) is 2.97. The molecule has 0 saturated carbocycles. The number of carbonyl (C=O) groups is 1. The van der Waals surface area contributed by atoms with Crippen molar-refractivity contribution in [3.63, 3.8) is 0 Å². The molecule has 1 aromatic carbocycles. The molecule has 1 saturated heterocycles. The van der Waals surface area contributed by atoms with Crippen molar-refractivity contribution in [2.75, 3.05) is 0 Å². The summed E-state index contributed by atoms with van der Waals surface area (Å²) in [5.74, 6) is -1.12. The van der Waals surface area contributed by atoms with Crippen molar-refractivity contribution >= 4 is 5.91 Å². The minimum absolute atomic E-state index is 0.0500. The van der Waals surface area contributed by atoms with Crippen LogP contribution in [0.3, 0.4) is 0 Å². The summed E-state index contributed by atoms with van der Waals surface area (Å²) in [7, 11) is 0. The number of nitrogens with one attached hydrogen (secondary N) is 3. The van der Waals surface area contributed by atoms with Gasteiger partial charge in [0.25, 0.3) is 0 Å². The first kappa shape index (κ1) is 17.4. The van der Waals surface area contributed by atoms with Gasteiger partial charge in [-0.1, -0.05) is 6.92 Å². The maximum atomic E-state index is 13.6. The van der Waals surface area contributed by atoms with E-state index in [0.29, 0.717) is 0 Å². The summed E-state index contributed by atoms with van der Waals surface area (Å²) in [6.07, 6.45) is 3.44. The molecule has 1 aliphatic rings. The number of aryl methyl sites for hydroxylation is 1. The maximum Gasteiger partial charge on any atom is 0.221 e. The molecule has 2 aromatic rings. The number of pyridine rings is 1. The Hall–Kier alpha value is -2.38. The van der Waals surface area contributed by atoms with Crippen molar-refractivity contribution in [2.24, 2.45) is 5.92 Å². The fourth-order valence-corrected chi connectivity index (χ4v) is 2.99. The number of aromatic nitrogens is 1. The Balaban J connectivity index is 1.54. The van der Waals surface area contributed by atoms with E-state index in [-0.39, 0.29) is 42.4 Å². The summed E-state index contributed by atoms with van der Waals surface area (Å²) in [5.41, 5.74) is 7.52. The normalized spacial score (nSPS) is 22.8. The Morgan fingerprint density at radius 2 is 1.96 bits per heavy atom. The Morgan fingerprint density at radius 1 is 1.20 bits per heavy atom. The number of nitrogens with zero attached hydrogens (tertiary/aromatic N) is 1. The van der Waals surface area contributed by atoms with E-state index in [4.69, 9.17) is 0 Å². The molecule has 3 rings (SSSR count). The maximum absolute atomic E-state index is 13.6. The van der Waals surface area contributed by atoms with Gasteiger partial charge in [-0.15, -0.1) is 0 Å². The standard InChI is InChI=1S/C18H20F2N4O/c1-11-17(12-6-8-21-9-7-12)23-24-18(11)22-16(25)5-2-13-10-14(19)3-4-15(13)20/h3-4,6-11,17-18,23-24H,2,5H2,1H3,(H,22,25). The van der Waals surface area contributed by atoms with Gasteiger partial charge >= 0.3 is 0 Å². The van der Waals surface area contributed by atoms with E-state index in [1.165, 1.54) is 0 Å². The first-order valence-electron chi connectivity index (χ1n) is 8.19. The van der Waals surface area contributed by atoms with Gasteiger partial charge in [-0.3, -0.25) is 9.78 Å². The van der Waals surface area contributed by atoms with Crippen LogP contribution in [0.5, 0.6) is 0 Å². The highest BCUT2D eigenvalue weighted by atomic mass is 19.1. The van der Waals surface area contributed by atoms with Crippen LogP contribution in [0.15, 0.2) is 42.7 Å². The summed E-state index contributed by atoms with van der Waals surface area (Å²) in [6, 6.07) is 7.16. The molecule has 0 spiro atoms. The molecule has 3 unspecified atom stereocenters. The third kappa shape index (κ3) is 4.18. The van der Waals surface area contributed by atoms with E-state index >= 15 is 0 Å². The summed E-state index contributed by atoms with van der Waals surface area (Å²) in [6.45, 7) is 2.02. The van der Waals surface area contributed by atoms with Crippen molar-refractivity contribution < 1.29 is 13.6 Å². The fourth-order valence-electron chi connectivity index (χ4n) is 2.99. The van der Waals surface area contributed by atoms with E-state index in [9.17, 15) is 13.6 Å². The van der Waals surface area contributed by atoms with Crippen LogP contribution in [0.1, 0.15) is 30.5 Å². The molecular formula is C18H20F2N4O. The molecular weight excluding hydrogens is 326 g/mol. The molecule has 2 heterocycles. The second-order valence-corrected chi connectivity index (χ2v) is 6.19. The Bertz CT molecular complexity index is 741. The third-order valence-electron chi connectivity index (χ3n) is 4.46. The van der Waals surface area contributed by atoms with Gasteiger partial charge in [0.2, 0.25) is 5.91 Å². The SMILES string of the molecule is CC1C(NC(=O)CCc2cc(F)ccc2F)NNC1c1ccncc1. The topological polar surface area (TPSA) is 66.1 Å². The molecule has 132 valence electrons. The van der Waals surface area contributed by atoms with Crippen LogP contribution >= 0.6 is 0 Å². The lowest BCUT2D eigenvalue weighted by atomic mass is 9.95. The zero-order valence-electron chi connectivity index (χ0n) is 13.8.